The van der Waals surface area contributed by atoms with Crippen LogP contribution in [0.25, 0.3) is 0 Å². The molecule has 0 aromatic heterocycles. The van der Waals surface area contributed by atoms with Gasteiger partial charge in [-0.1, -0.05) is 18.2 Å². The molecular weight excluding hydrogens is 428 g/mol. The number of aryl methyl sites for hydroxylation is 3. The molecule has 4 rings (SSSR count). The number of nitrogens with zero attached hydrogens (tertiary/aromatic N) is 1. The van der Waals surface area contributed by atoms with Gasteiger partial charge in [0.05, 0.1) is 16.9 Å². The lowest BCUT2D eigenvalue weighted by atomic mass is 9.92. The second-order valence-corrected chi connectivity index (χ2v) is 10.9. The molecule has 1 unspecified atom stereocenters. The fourth-order valence-corrected chi connectivity index (χ4v) is 6.14. The highest BCUT2D eigenvalue weighted by atomic mass is 32.2. The highest BCUT2D eigenvalue weighted by Gasteiger charge is 2.26. The Morgan fingerprint density at radius 1 is 1.10 bits per heavy atom. The van der Waals surface area contributed by atoms with E-state index in [0.717, 1.165) is 44.1 Å². The molecular formula is C24H32N2O3S2. The minimum atomic E-state index is -3.36. The van der Waals surface area contributed by atoms with E-state index in [1.165, 1.54) is 22.3 Å². The van der Waals surface area contributed by atoms with Gasteiger partial charge in [-0.15, -0.1) is 4.36 Å². The van der Waals surface area contributed by atoms with Crippen LogP contribution in [0.2, 0.25) is 0 Å². The van der Waals surface area contributed by atoms with Crippen molar-refractivity contribution in [1.82, 2.24) is 0 Å². The summed E-state index contributed by atoms with van der Waals surface area (Å²) >= 11 is 0. The third-order valence-electron chi connectivity index (χ3n) is 6.36. The molecule has 0 spiro atoms. The maximum absolute atomic E-state index is 13.2. The van der Waals surface area contributed by atoms with E-state index in [0.29, 0.717) is 16.0 Å². The van der Waals surface area contributed by atoms with Crippen molar-refractivity contribution in [2.24, 2.45) is 9.50 Å². The van der Waals surface area contributed by atoms with Crippen molar-refractivity contribution in [3.05, 3.63) is 63.2 Å². The molecule has 2 aromatic rings. The average Bonchev–Trinajstić information content (AvgIpc) is 3.28. The minimum absolute atomic E-state index is 0. The van der Waals surface area contributed by atoms with Crippen LogP contribution in [0.15, 0.2) is 33.5 Å². The Labute approximate surface area is 192 Å². The van der Waals surface area contributed by atoms with Crippen LogP contribution in [-0.2, 0) is 52.4 Å². The van der Waals surface area contributed by atoms with Crippen molar-refractivity contribution in [3.8, 4) is 0 Å². The molecule has 0 heterocycles. The predicted octanol–water partition coefficient (Wildman–Crippen LogP) is 3.78. The van der Waals surface area contributed by atoms with Crippen LogP contribution in [0.5, 0.6) is 0 Å². The van der Waals surface area contributed by atoms with Crippen LogP contribution >= 0.6 is 13.5 Å². The van der Waals surface area contributed by atoms with Crippen LogP contribution < -0.4 is 5.14 Å². The lowest BCUT2D eigenvalue weighted by molar-refractivity contribution is -0.117. The summed E-state index contributed by atoms with van der Waals surface area (Å²) in [5.41, 5.74) is 6.77. The fraction of sp³-hybridized carbons (Fsp3) is 0.458. The van der Waals surface area contributed by atoms with Crippen molar-refractivity contribution in [2.75, 3.05) is 0 Å². The number of carbonyl (C=O) groups is 1. The standard InChI is InChI=1S/C24H30N2O3S.H2S/c1-15-12-18(24(2,3)28)10-11-22(15)30(25,29)26-23(27)14-21-19-8-4-6-16(19)13-17-7-5-9-20(17)21;/h10-13,28H,4-9,14H2,1-3H3,(H2,25,26,27,29);1H2. The molecule has 0 bridgehead atoms. The van der Waals surface area contributed by atoms with E-state index >= 15 is 0 Å². The molecule has 1 atom stereocenters. The van der Waals surface area contributed by atoms with Gasteiger partial charge in [-0.05, 0) is 104 Å². The summed E-state index contributed by atoms with van der Waals surface area (Å²) in [6.45, 7) is 5.14. The highest BCUT2D eigenvalue weighted by Crippen LogP contribution is 2.35. The molecule has 0 aliphatic heterocycles. The predicted molar refractivity (Wildman–Crippen MR) is 129 cm³/mol. The van der Waals surface area contributed by atoms with Crippen LogP contribution in [0, 0.1) is 6.92 Å². The summed E-state index contributed by atoms with van der Waals surface area (Å²) in [5, 5.41) is 16.2. The number of carbonyl (C=O) groups excluding carboxylic acids is 1. The zero-order valence-electron chi connectivity index (χ0n) is 18.5. The topological polar surface area (TPSA) is 92.8 Å². The summed E-state index contributed by atoms with van der Waals surface area (Å²) in [5.74, 6) is -0.428. The number of aliphatic hydroxyl groups is 1. The Morgan fingerprint density at radius 2 is 1.68 bits per heavy atom. The van der Waals surface area contributed by atoms with E-state index in [9.17, 15) is 14.1 Å². The number of nitrogens with two attached hydrogens (primary N) is 1. The van der Waals surface area contributed by atoms with E-state index in [-0.39, 0.29) is 19.9 Å². The normalized spacial score (nSPS) is 16.8. The first-order valence-corrected chi connectivity index (χ1v) is 12.2. The molecule has 2 aliphatic carbocycles. The molecule has 168 valence electrons. The maximum atomic E-state index is 13.2. The van der Waals surface area contributed by atoms with Gasteiger partial charge in [0, 0.05) is 0 Å². The van der Waals surface area contributed by atoms with Gasteiger partial charge < -0.3 is 5.11 Å². The monoisotopic (exact) mass is 460 g/mol. The van der Waals surface area contributed by atoms with E-state index in [2.05, 4.69) is 10.4 Å². The van der Waals surface area contributed by atoms with Crippen molar-refractivity contribution >= 4 is 29.3 Å². The first-order chi connectivity index (χ1) is 14.1. The summed E-state index contributed by atoms with van der Waals surface area (Å²) in [6, 6.07) is 7.37. The van der Waals surface area contributed by atoms with E-state index in [1.54, 1.807) is 39.0 Å². The maximum Gasteiger partial charge on any atom is 0.259 e. The van der Waals surface area contributed by atoms with Gasteiger partial charge in [0.25, 0.3) is 5.91 Å². The Hall–Kier alpha value is -1.67. The fourth-order valence-electron chi connectivity index (χ4n) is 4.89. The number of hydrogen-bond acceptors (Lipinski definition) is 3. The molecule has 0 radical (unpaired) electrons. The van der Waals surface area contributed by atoms with Gasteiger partial charge in [0.2, 0.25) is 0 Å². The summed E-state index contributed by atoms with van der Waals surface area (Å²) in [4.78, 5) is 13.2. The molecule has 7 heteroatoms. The zero-order chi connectivity index (χ0) is 21.7. The van der Waals surface area contributed by atoms with Crippen molar-refractivity contribution < 1.29 is 14.1 Å². The average molecular weight is 461 g/mol. The Morgan fingerprint density at radius 3 is 2.19 bits per heavy atom. The Bertz CT molecular complexity index is 1120. The number of hydrogen-bond donors (Lipinski definition) is 2. The van der Waals surface area contributed by atoms with Crippen LogP contribution in [0.3, 0.4) is 0 Å². The van der Waals surface area contributed by atoms with Crippen LogP contribution in [0.1, 0.15) is 65.6 Å². The third kappa shape index (κ3) is 4.75. The summed E-state index contributed by atoms with van der Waals surface area (Å²) in [6.07, 6.45) is 6.55. The number of benzene rings is 2. The molecule has 1 amide bonds. The molecule has 5 nitrogen and oxygen atoms in total. The smallest absolute Gasteiger partial charge is 0.259 e. The molecule has 0 saturated heterocycles. The van der Waals surface area contributed by atoms with Gasteiger partial charge in [0.15, 0.2) is 0 Å². The highest BCUT2D eigenvalue weighted by molar-refractivity contribution is 7.91. The van der Waals surface area contributed by atoms with Crippen molar-refractivity contribution in [2.45, 2.75) is 76.2 Å². The van der Waals surface area contributed by atoms with Gasteiger partial charge in [-0.3, -0.25) is 4.79 Å². The van der Waals surface area contributed by atoms with E-state index < -0.39 is 21.4 Å². The second kappa shape index (κ2) is 8.70. The largest absolute Gasteiger partial charge is 0.386 e. The summed E-state index contributed by atoms with van der Waals surface area (Å²) < 4.78 is 17.1. The molecule has 2 aromatic carbocycles. The molecule has 3 N–H and O–H groups in total. The lowest BCUT2D eigenvalue weighted by Crippen LogP contribution is -2.20. The Balaban J connectivity index is 0.00000272. The van der Waals surface area contributed by atoms with Gasteiger partial charge >= 0.3 is 0 Å². The van der Waals surface area contributed by atoms with Crippen molar-refractivity contribution in [3.63, 3.8) is 0 Å². The quantitative estimate of drug-likeness (QED) is 0.727. The number of rotatable bonds is 4. The van der Waals surface area contributed by atoms with Crippen molar-refractivity contribution in [1.29, 1.82) is 0 Å². The van der Waals surface area contributed by atoms with E-state index in [4.69, 9.17) is 5.14 Å². The molecule has 0 saturated carbocycles. The van der Waals surface area contributed by atoms with E-state index in [1.807, 2.05) is 0 Å². The zero-order valence-corrected chi connectivity index (χ0v) is 20.3. The van der Waals surface area contributed by atoms with Crippen LogP contribution in [-0.4, -0.2) is 15.2 Å². The third-order valence-corrected chi connectivity index (χ3v) is 7.92. The van der Waals surface area contributed by atoms with Gasteiger partial charge in [-0.25, -0.2) is 9.35 Å². The number of fused-ring (bicyclic) bond motifs is 2. The lowest BCUT2D eigenvalue weighted by Gasteiger charge is -2.19. The number of amides is 1. The molecule has 31 heavy (non-hydrogen) atoms. The van der Waals surface area contributed by atoms with Gasteiger partial charge in [0.1, 0.15) is 9.92 Å². The van der Waals surface area contributed by atoms with Gasteiger partial charge in [-0.2, -0.15) is 13.5 Å². The Kier molecular flexibility index (Phi) is 6.73. The minimum Gasteiger partial charge on any atom is -0.386 e. The second-order valence-electron chi connectivity index (χ2n) is 9.11. The molecule has 2 aliphatic rings. The van der Waals surface area contributed by atoms with Crippen LogP contribution in [0.4, 0.5) is 0 Å². The summed E-state index contributed by atoms with van der Waals surface area (Å²) in [7, 11) is -3.36. The first kappa shape index (κ1) is 24.0. The SMILES string of the molecule is Cc1cc(C(C)(C)O)ccc1S(N)(=O)=NC(=O)Cc1c2c(cc3c1CCC3)CCC2.S. The first-order valence-electron chi connectivity index (χ1n) is 10.6. The molecule has 0 fully saturated rings.